The molecule has 2 N–H and O–H groups in total. The first kappa shape index (κ1) is 22.9. The molecule has 11 heteroatoms. The third-order valence-corrected chi connectivity index (χ3v) is 1.42. The topological polar surface area (TPSA) is 101 Å². The molecule has 0 aliphatic rings. The highest BCUT2D eigenvalue weighted by Crippen LogP contribution is 2.34. The van der Waals surface area contributed by atoms with E-state index in [1.807, 2.05) is 0 Å². The summed E-state index contributed by atoms with van der Waals surface area (Å²) < 4.78 is 56.2. The van der Waals surface area contributed by atoms with Crippen LogP contribution in [0.4, 0.5) is 13.2 Å². The van der Waals surface area contributed by atoms with E-state index < -0.39 is 26.9 Å². The molecule has 0 saturated carbocycles. The van der Waals surface area contributed by atoms with Crippen molar-refractivity contribution in [2.45, 2.75) is 13.1 Å². The molecule has 0 aromatic carbocycles. The lowest BCUT2D eigenvalue weighted by Gasteiger charge is -1.96. The maximum absolute atomic E-state index is 10.8. The van der Waals surface area contributed by atoms with Gasteiger partial charge in [0.1, 0.15) is 0 Å². The van der Waals surface area contributed by atoms with E-state index in [2.05, 4.69) is 4.52 Å². The second-order valence-corrected chi connectivity index (χ2v) is 7.89. The summed E-state index contributed by atoms with van der Waals surface area (Å²) in [5.74, 6) is -1.76. The maximum Gasteiger partial charge on any atom is 0.449 e. The second kappa shape index (κ2) is 8.82. The molecule has 0 saturated heterocycles. The van der Waals surface area contributed by atoms with Crippen molar-refractivity contribution in [3.05, 3.63) is 0 Å². The molecule has 6 nitrogen and oxygen atoms in total. The zero-order valence-corrected chi connectivity index (χ0v) is 12.3. The predicted molar refractivity (Wildman–Crippen MR) is 61.2 cm³/mol. The normalized spacial score (nSPS) is 14.3. The molecular formula is C7H17F3O6P2. The van der Waals surface area contributed by atoms with Crippen LogP contribution in [-0.2, 0) is 18.4 Å². The number of carbonyl (C=O) groups excluding carboxylic acids is 1. The van der Waals surface area contributed by atoms with Crippen LogP contribution in [0.1, 0.15) is 6.92 Å². The Kier molecular flexibility index (Phi) is 11.2. The third-order valence-electron chi connectivity index (χ3n) is 0.738. The van der Waals surface area contributed by atoms with Crippen LogP contribution in [0.3, 0.4) is 0 Å². The summed E-state index contributed by atoms with van der Waals surface area (Å²) in [6.45, 7) is 4.22. The molecule has 0 fully saturated rings. The van der Waals surface area contributed by atoms with Crippen molar-refractivity contribution in [2.75, 3.05) is 27.1 Å². The van der Waals surface area contributed by atoms with Crippen LogP contribution in [-0.4, -0.2) is 48.9 Å². The highest BCUT2D eigenvalue weighted by atomic mass is 31.2. The molecule has 1 atom stereocenters. The van der Waals surface area contributed by atoms with Crippen molar-refractivity contribution in [1.82, 2.24) is 0 Å². The van der Waals surface area contributed by atoms with Crippen LogP contribution in [0.5, 0.6) is 0 Å². The zero-order valence-electron chi connectivity index (χ0n) is 10.6. The van der Waals surface area contributed by atoms with E-state index in [1.54, 1.807) is 0 Å². The molecule has 1 unspecified atom stereocenters. The highest BCUT2D eigenvalue weighted by molar-refractivity contribution is 7.56. The van der Waals surface area contributed by atoms with Gasteiger partial charge >= 0.3 is 13.8 Å². The Morgan fingerprint density at radius 3 is 1.22 bits per heavy atom. The largest absolute Gasteiger partial charge is 0.449 e. The van der Waals surface area contributed by atoms with E-state index in [0.29, 0.717) is 6.92 Å². The van der Waals surface area contributed by atoms with Crippen LogP contribution >= 0.6 is 15.0 Å². The fraction of sp³-hybridized carbons (Fsp3) is 0.857. The molecule has 0 aromatic rings. The van der Waals surface area contributed by atoms with Crippen molar-refractivity contribution in [3.63, 3.8) is 0 Å². The average Bonchev–Trinajstić information content (AvgIpc) is 1.98. The third kappa shape index (κ3) is 44.7. The minimum atomic E-state index is -4.64. The van der Waals surface area contributed by atoms with E-state index >= 15 is 0 Å². The predicted octanol–water partition coefficient (Wildman–Crippen LogP) is 2.10. The Morgan fingerprint density at radius 1 is 1.11 bits per heavy atom. The van der Waals surface area contributed by atoms with E-state index in [9.17, 15) is 27.1 Å². The molecule has 0 spiro atoms. The van der Waals surface area contributed by atoms with Crippen LogP contribution in [0, 0.1) is 0 Å². The molecule has 0 amide bonds. The van der Waals surface area contributed by atoms with E-state index in [4.69, 9.17) is 9.79 Å². The van der Waals surface area contributed by atoms with Gasteiger partial charge in [-0.05, 0) is 0 Å². The standard InChI is InChI=1S/C3H3F3O.C2H7O3P.C2H7O2P/c1-2(7)3(4,5)6;1-5-6(2,3)4;1-5(2,3)4/h1H3;1-2H3,(H,3,4);1-2H3,(H,3,4). The molecule has 18 heavy (non-hydrogen) atoms. The minimum Gasteiger partial charge on any atom is -0.345 e. The number of hydrogen-bond donors (Lipinski definition) is 2. The Labute approximate surface area is 103 Å². The number of carbonyl (C=O) groups is 1. The second-order valence-electron chi connectivity index (χ2n) is 3.33. The molecular weight excluding hydrogens is 299 g/mol. The molecule has 0 heterocycles. The average molecular weight is 316 g/mol. The number of Topliss-reactive ketones (excluding diaryl/α,β-unsaturated/α-hetero) is 1. The van der Waals surface area contributed by atoms with Gasteiger partial charge < -0.3 is 14.3 Å². The lowest BCUT2D eigenvalue weighted by Crippen LogP contribution is -2.18. The Hall–Kier alpha value is -0.200. The van der Waals surface area contributed by atoms with Gasteiger partial charge in [-0.3, -0.25) is 13.9 Å². The van der Waals surface area contributed by atoms with Crippen molar-refractivity contribution in [1.29, 1.82) is 0 Å². The SMILES string of the molecule is CC(=O)C(F)(F)F.COP(C)(=O)O.CP(C)(=O)O. The summed E-state index contributed by atoms with van der Waals surface area (Å²) in [7, 11) is -4.59. The molecule has 0 radical (unpaired) electrons. The van der Waals surface area contributed by atoms with Crippen molar-refractivity contribution >= 4 is 20.7 Å². The Balaban J connectivity index is -0.000000190. The molecule has 0 aromatic heterocycles. The summed E-state index contributed by atoms with van der Waals surface area (Å²) in [6.07, 6.45) is -4.64. The quantitative estimate of drug-likeness (QED) is 0.719. The maximum atomic E-state index is 10.8. The molecule has 0 rings (SSSR count). The zero-order chi connectivity index (χ0) is 15.8. The van der Waals surface area contributed by atoms with Crippen LogP contribution in [0.2, 0.25) is 0 Å². The van der Waals surface area contributed by atoms with Gasteiger partial charge in [-0.25, -0.2) is 0 Å². The summed E-state index contributed by atoms with van der Waals surface area (Å²) in [6, 6.07) is 0. The van der Waals surface area contributed by atoms with Gasteiger partial charge in [0.05, 0.1) is 0 Å². The monoisotopic (exact) mass is 316 g/mol. The summed E-state index contributed by atoms with van der Waals surface area (Å²) in [5.41, 5.74) is 0. The van der Waals surface area contributed by atoms with Gasteiger partial charge in [0.25, 0.3) is 0 Å². The fourth-order valence-electron chi connectivity index (χ4n) is 0. The fourth-order valence-corrected chi connectivity index (χ4v) is 0. The lowest BCUT2D eigenvalue weighted by atomic mass is 10.5. The summed E-state index contributed by atoms with van der Waals surface area (Å²) in [5, 5.41) is 0. The van der Waals surface area contributed by atoms with E-state index in [-0.39, 0.29) is 0 Å². The smallest absolute Gasteiger partial charge is 0.345 e. The number of halogens is 3. The number of ketones is 1. The molecule has 0 aliphatic carbocycles. The Bertz CT molecular complexity index is 320. The first-order valence-electron chi connectivity index (χ1n) is 4.22. The highest BCUT2D eigenvalue weighted by Gasteiger charge is 2.33. The lowest BCUT2D eigenvalue weighted by molar-refractivity contribution is -0.168. The van der Waals surface area contributed by atoms with Gasteiger partial charge in [-0.2, -0.15) is 13.2 Å². The molecule has 0 aliphatic heterocycles. The molecule has 0 bridgehead atoms. The summed E-state index contributed by atoms with van der Waals surface area (Å²) >= 11 is 0. The first-order valence-corrected chi connectivity index (χ1v) is 8.80. The van der Waals surface area contributed by atoms with Gasteiger partial charge in [0, 0.05) is 34.0 Å². The van der Waals surface area contributed by atoms with Crippen molar-refractivity contribution in [3.8, 4) is 0 Å². The van der Waals surface area contributed by atoms with E-state index in [0.717, 1.165) is 6.66 Å². The van der Waals surface area contributed by atoms with Crippen LogP contribution < -0.4 is 0 Å². The van der Waals surface area contributed by atoms with Crippen LogP contribution in [0.15, 0.2) is 0 Å². The van der Waals surface area contributed by atoms with Gasteiger partial charge in [-0.15, -0.1) is 0 Å². The van der Waals surface area contributed by atoms with Gasteiger partial charge in [-0.1, -0.05) is 0 Å². The Morgan fingerprint density at radius 2 is 1.22 bits per heavy atom. The number of rotatable bonds is 1. The number of alkyl halides is 3. The van der Waals surface area contributed by atoms with Crippen LogP contribution in [0.25, 0.3) is 0 Å². The van der Waals surface area contributed by atoms with Crippen molar-refractivity contribution < 1.29 is 41.4 Å². The van der Waals surface area contributed by atoms with Gasteiger partial charge in [0.15, 0.2) is 7.37 Å². The first-order chi connectivity index (χ1) is 7.50. The molecule has 112 valence electrons. The van der Waals surface area contributed by atoms with Crippen molar-refractivity contribution in [2.24, 2.45) is 0 Å². The van der Waals surface area contributed by atoms with E-state index in [1.165, 1.54) is 20.4 Å². The van der Waals surface area contributed by atoms with Gasteiger partial charge in [0.2, 0.25) is 5.78 Å². The minimum absolute atomic E-state index is 0.486. The summed E-state index contributed by atoms with van der Waals surface area (Å²) in [4.78, 5) is 25.6. The number of hydrogen-bond acceptors (Lipinski definition) is 4.